The Kier molecular flexibility index (Phi) is 2.00. The molecule has 1 aromatic carbocycles. The summed E-state index contributed by atoms with van der Waals surface area (Å²) in [7, 11) is 0. The SMILES string of the molecule is O/N=C\C1C=Cc2ccccc2N1. The lowest BCUT2D eigenvalue weighted by Gasteiger charge is -2.18. The number of fused-ring (bicyclic) bond motifs is 1. The highest BCUT2D eigenvalue weighted by Gasteiger charge is 2.08. The van der Waals surface area contributed by atoms with Gasteiger partial charge in [-0.2, -0.15) is 0 Å². The van der Waals surface area contributed by atoms with E-state index in [0.717, 1.165) is 11.3 Å². The second-order valence-electron chi connectivity index (χ2n) is 2.88. The van der Waals surface area contributed by atoms with Gasteiger partial charge >= 0.3 is 0 Å². The van der Waals surface area contributed by atoms with Crippen molar-refractivity contribution in [2.75, 3.05) is 5.32 Å². The van der Waals surface area contributed by atoms with Crippen molar-refractivity contribution in [3.8, 4) is 0 Å². The van der Waals surface area contributed by atoms with Crippen molar-refractivity contribution in [2.24, 2.45) is 5.16 Å². The molecule has 0 amide bonds. The highest BCUT2D eigenvalue weighted by molar-refractivity contribution is 5.81. The third-order valence-corrected chi connectivity index (χ3v) is 1.99. The van der Waals surface area contributed by atoms with Gasteiger partial charge in [-0.1, -0.05) is 35.5 Å². The second kappa shape index (κ2) is 3.31. The molecule has 1 aliphatic heterocycles. The van der Waals surface area contributed by atoms with E-state index >= 15 is 0 Å². The van der Waals surface area contributed by atoms with Gasteiger partial charge in [0.05, 0.1) is 12.3 Å². The molecule has 0 radical (unpaired) electrons. The minimum Gasteiger partial charge on any atom is -0.411 e. The zero-order valence-electron chi connectivity index (χ0n) is 7.01. The summed E-state index contributed by atoms with van der Waals surface area (Å²) in [6, 6.07) is 7.98. The Balaban J connectivity index is 2.29. The number of nitrogens with one attached hydrogen (secondary N) is 1. The predicted octanol–water partition coefficient (Wildman–Crippen LogP) is 1.95. The van der Waals surface area contributed by atoms with Crippen LogP contribution in [0.3, 0.4) is 0 Å². The average Bonchev–Trinajstić information content (AvgIpc) is 2.18. The molecule has 3 heteroatoms. The van der Waals surface area contributed by atoms with Crippen LogP contribution >= 0.6 is 0 Å². The summed E-state index contributed by atoms with van der Waals surface area (Å²) < 4.78 is 0. The summed E-state index contributed by atoms with van der Waals surface area (Å²) in [5.74, 6) is 0. The van der Waals surface area contributed by atoms with Crippen LogP contribution in [-0.4, -0.2) is 17.5 Å². The summed E-state index contributed by atoms with van der Waals surface area (Å²) in [6.07, 6.45) is 5.41. The molecule has 0 bridgehead atoms. The van der Waals surface area contributed by atoms with Crippen molar-refractivity contribution in [3.63, 3.8) is 0 Å². The lowest BCUT2D eigenvalue weighted by molar-refractivity contribution is 0.320. The predicted molar refractivity (Wildman–Crippen MR) is 53.2 cm³/mol. The van der Waals surface area contributed by atoms with E-state index in [9.17, 15) is 0 Å². The van der Waals surface area contributed by atoms with Gasteiger partial charge < -0.3 is 10.5 Å². The van der Waals surface area contributed by atoms with Crippen molar-refractivity contribution in [2.45, 2.75) is 6.04 Å². The van der Waals surface area contributed by atoms with Crippen LogP contribution in [0, 0.1) is 0 Å². The van der Waals surface area contributed by atoms with E-state index in [1.165, 1.54) is 6.21 Å². The molecule has 2 N–H and O–H groups in total. The zero-order valence-corrected chi connectivity index (χ0v) is 7.01. The molecule has 66 valence electrons. The molecule has 1 aromatic rings. The fraction of sp³-hybridized carbons (Fsp3) is 0.100. The van der Waals surface area contributed by atoms with Gasteiger partial charge in [-0.05, 0) is 11.6 Å². The van der Waals surface area contributed by atoms with Crippen molar-refractivity contribution in [1.82, 2.24) is 0 Å². The minimum absolute atomic E-state index is 0.0140. The first-order valence-electron chi connectivity index (χ1n) is 4.11. The third kappa shape index (κ3) is 1.54. The molecule has 1 unspecified atom stereocenters. The quantitative estimate of drug-likeness (QED) is 0.388. The monoisotopic (exact) mass is 174 g/mol. The third-order valence-electron chi connectivity index (χ3n) is 1.99. The summed E-state index contributed by atoms with van der Waals surface area (Å²) in [4.78, 5) is 0. The van der Waals surface area contributed by atoms with E-state index in [2.05, 4.69) is 10.5 Å². The maximum atomic E-state index is 8.36. The number of hydrogen-bond donors (Lipinski definition) is 2. The molecule has 0 spiro atoms. The standard InChI is InChI=1S/C10H10N2O/c13-11-7-9-6-5-8-3-1-2-4-10(8)12-9/h1-7,9,12-13H/b11-7-. The number of benzene rings is 1. The fourth-order valence-electron chi connectivity index (χ4n) is 1.37. The van der Waals surface area contributed by atoms with E-state index in [0.29, 0.717) is 0 Å². The molecular weight excluding hydrogens is 164 g/mol. The molecule has 1 heterocycles. The Labute approximate surface area is 76.4 Å². The lowest BCUT2D eigenvalue weighted by atomic mass is 10.1. The molecule has 0 saturated heterocycles. The Morgan fingerprint density at radius 3 is 3.08 bits per heavy atom. The number of anilines is 1. The summed E-state index contributed by atoms with van der Waals surface area (Å²) in [6.45, 7) is 0. The molecule has 3 nitrogen and oxygen atoms in total. The van der Waals surface area contributed by atoms with Crippen LogP contribution in [0.4, 0.5) is 5.69 Å². The highest BCUT2D eigenvalue weighted by Crippen LogP contribution is 2.21. The molecule has 0 fully saturated rings. The Morgan fingerprint density at radius 1 is 1.38 bits per heavy atom. The fourth-order valence-corrected chi connectivity index (χ4v) is 1.37. The van der Waals surface area contributed by atoms with Gasteiger partial charge in [-0.15, -0.1) is 0 Å². The van der Waals surface area contributed by atoms with Crippen LogP contribution < -0.4 is 5.32 Å². The topological polar surface area (TPSA) is 44.6 Å². The molecule has 0 aliphatic carbocycles. The van der Waals surface area contributed by atoms with Crippen LogP contribution in [-0.2, 0) is 0 Å². The summed E-state index contributed by atoms with van der Waals surface area (Å²) in [5, 5.41) is 14.6. The first-order chi connectivity index (χ1) is 6.40. The van der Waals surface area contributed by atoms with E-state index in [1.54, 1.807) is 0 Å². The molecular formula is C10H10N2O. The minimum atomic E-state index is -0.0140. The van der Waals surface area contributed by atoms with Crippen LogP contribution in [0.5, 0.6) is 0 Å². The first kappa shape index (κ1) is 7.86. The summed E-state index contributed by atoms with van der Waals surface area (Å²) in [5.41, 5.74) is 2.22. The normalized spacial score (nSPS) is 19.8. The van der Waals surface area contributed by atoms with Gasteiger partial charge in [-0.3, -0.25) is 0 Å². The largest absolute Gasteiger partial charge is 0.411 e. The van der Waals surface area contributed by atoms with E-state index in [4.69, 9.17) is 5.21 Å². The molecule has 0 saturated carbocycles. The van der Waals surface area contributed by atoms with Crippen molar-refractivity contribution >= 4 is 18.0 Å². The van der Waals surface area contributed by atoms with Crippen LogP contribution in [0.25, 0.3) is 6.08 Å². The molecule has 1 atom stereocenters. The van der Waals surface area contributed by atoms with Gasteiger partial charge in [0.1, 0.15) is 0 Å². The van der Waals surface area contributed by atoms with Gasteiger partial charge in [0.25, 0.3) is 0 Å². The van der Waals surface area contributed by atoms with Crippen molar-refractivity contribution in [3.05, 3.63) is 35.9 Å². The zero-order chi connectivity index (χ0) is 9.10. The maximum absolute atomic E-state index is 8.36. The molecule has 2 rings (SSSR count). The smallest absolute Gasteiger partial charge is 0.0836 e. The van der Waals surface area contributed by atoms with Gasteiger partial charge in [0.2, 0.25) is 0 Å². The van der Waals surface area contributed by atoms with E-state index < -0.39 is 0 Å². The molecule has 0 aromatic heterocycles. The Bertz CT molecular complexity index is 358. The van der Waals surface area contributed by atoms with Crippen LogP contribution in [0.1, 0.15) is 5.56 Å². The molecule has 13 heavy (non-hydrogen) atoms. The number of hydrogen-bond acceptors (Lipinski definition) is 3. The van der Waals surface area contributed by atoms with Crippen LogP contribution in [0.2, 0.25) is 0 Å². The highest BCUT2D eigenvalue weighted by atomic mass is 16.4. The maximum Gasteiger partial charge on any atom is 0.0836 e. The summed E-state index contributed by atoms with van der Waals surface area (Å²) >= 11 is 0. The van der Waals surface area contributed by atoms with Crippen molar-refractivity contribution < 1.29 is 5.21 Å². The second-order valence-corrected chi connectivity index (χ2v) is 2.88. The average molecular weight is 174 g/mol. The Morgan fingerprint density at radius 2 is 2.23 bits per heavy atom. The first-order valence-corrected chi connectivity index (χ1v) is 4.11. The van der Waals surface area contributed by atoms with E-state index in [-0.39, 0.29) is 6.04 Å². The molecule has 1 aliphatic rings. The van der Waals surface area contributed by atoms with E-state index in [1.807, 2.05) is 36.4 Å². The number of nitrogens with zero attached hydrogens (tertiary/aromatic N) is 1. The Hall–Kier alpha value is -1.77. The van der Waals surface area contributed by atoms with Gasteiger partial charge in [0, 0.05) is 5.69 Å². The number of para-hydroxylation sites is 1. The van der Waals surface area contributed by atoms with Gasteiger partial charge in [0.15, 0.2) is 0 Å². The number of oxime groups is 1. The lowest BCUT2D eigenvalue weighted by Crippen LogP contribution is -2.21. The van der Waals surface area contributed by atoms with Crippen molar-refractivity contribution in [1.29, 1.82) is 0 Å². The van der Waals surface area contributed by atoms with Crippen LogP contribution in [0.15, 0.2) is 35.5 Å². The number of rotatable bonds is 1. The van der Waals surface area contributed by atoms with Gasteiger partial charge in [-0.25, -0.2) is 0 Å².